The first kappa shape index (κ1) is 17.2. The van der Waals surface area contributed by atoms with Gasteiger partial charge in [-0.3, -0.25) is 4.79 Å². The van der Waals surface area contributed by atoms with Crippen LogP contribution in [0.3, 0.4) is 0 Å². The molecule has 6 heteroatoms. The minimum atomic E-state index is -0.572. The second-order valence-corrected chi connectivity index (χ2v) is 6.48. The predicted molar refractivity (Wildman–Crippen MR) is 96.8 cm³/mol. The number of carbonyl (C=O) groups excluding carboxylic acids is 1. The van der Waals surface area contributed by atoms with Gasteiger partial charge in [0.15, 0.2) is 0 Å². The maximum atomic E-state index is 11.9. The molecule has 3 rings (SSSR count). The average molecular weight is 338 g/mol. The van der Waals surface area contributed by atoms with Crippen LogP contribution >= 0.6 is 0 Å². The van der Waals surface area contributed by atoms with Gasteiger partial charge in [0.1, 0.15) is 23.9 Å². The molecule has 1 amide bonds. The fourth-order valence-electron chi connectivity index (χ4n) is 3.38. The third-order valence-corrected chi connectivity index (χ3v) is 4.71. The molecule has 25 heavy (non-hydrogen) atoms. The van der Waals surface area contributed by atoms with Crippen LogP contribution < -0.4 is 5.32 Å². The largest absolute Gasteiger partial charge is 0.380 e. The van der Waals surface area contributed by atoms with E-state index in [2.05, 4.69) is 38.3 Å². The van der Waals surface area contributed by atoms with Crippen molar-refractivity contribution in [3.8, 4) is 11.8 Å². The van der Waals surface area contributed by atoms with Crippen LogP contribution in [0.2, 0.25) is 0 Å². The Labute approximate surface area is 147 Å². The van der Waals surface area contributed by atoms with Crippen LogP contribution in [0, 0.1) is 17.8 Å². The summed E-state index contributed by atoms with van der Waals surface area (Å²) in [5.41, 5.74) is 1.21. The molecule has 0 saturated heterocycles. The monoisotopic (exact) mass is 338 g/mol. The highest BCUT2D eigenvalue weighted by molar-refractivity contribution is 6.06. The van der Waals surface area contributed by atoms with E-state index in [0.717, 1.165) is 30.3 Å². The van der Waals surface area contributed by atoms with Crippen molar-refractivity contribution in [2.45, 2.75) is 45.3 Å². The topological polar surface area (TPSA) is 80.0 Å². The maximum absolute atomic E-state index is 11.9. The van der Waals surface area contributed by atoms with Crippen LogP contribution in [0.4, 0.5) is 5.82 Å². The number of anilines is 1. The first-order valence-electron chi connectivity index (χ1n) is 8.40. The standard InChI is InChI=1S/C19H22N4O2/c1-4-5-16(24)13-6-7-14(10-13)23-9-8-15-17(20-11-21-18(15)23)22-19(25)12(2)3/h8-9,11,13-14,16,24H,2,6-7,10H2,1,3H3,(H,20,21,22,25). The summed E-state index contributed by atoms with van der Waals surface area (Å²) >= 11 is 0. The second kappa shape index (κ2) is 7.08. The van der Waals surface area contributed by atoms with Crippen LogP contribution in [-0.4, -0.2) is 31.7 Å². The van der Waals surface area contributed by atoms with Gasteiger partial charge in [-0.2, -0.15) is 0 Å². The van der Waals surface area contributed by atoms with Gasteiger partial charge in [0, 0.05) is 17.8 Å². The molecule has 6 nitrogen and oxygen atoms in total. The number of nitrogens with one attached hydrogen (secondary N) is 1. The molecular weight excluding hydrogens is 316 g/mol. The summed E-state index contributed by atoms with van der Waals surface area (Å²) in [6, 6.07) is 2.18. The molecular formula is C19H22N4O2. The number of amides is 1. The quantitative estimate of drug-likeness (QED) is 0.663. The van der Waals surface area contributed by atoms with Gasteiger partial charge in [-0.15, -0.1) is 5.92 Å². The Hall–Kier alpha value is -2.65. The molecule has 0 spiro atoms. The predicted octanol–water partition coefficient (Wildman–Crippen LogP) is 2.67. The Morgan fingerprint density at radius 2 is 2.28 bits per heavy atom. The molecule has 1 saturated carbocycles. The smallest absolute Gasteiger partial charge is 0.251 e. The van der Waals surface area contributed by atoms with Crippen molar-refractivity contribution in [2.24, 2.45) is 5.92 Å². The molecule has 2 aromatic rings. The van der Waals surface area contributed by atoms with Crippen molar-refractivity contribution in [1.82, 2.24) is 14.5 Å². The Morgan fingerprint density at radius 3 is 3.00 bits per heavy atom. The summed E-state index contributed by atoms with van der Waals surface area (Å²) in [5, 5.41) is 13.7. The highest BCUT2D eigenvalue weighted by Gasteiger charge is 2.31. The maximum Gasteiger partial charge on any atom is 0.251 e. The van der Waals surface area contributed by atoms with Crippen LogP contribution in [0.15, 0.2) is 30.7 Å². The number of aliphatic hydroxyl groups is 1. The third-order valence-electron chi connectivity index (χ3n) is 4.71. The van der Waals surface area contributed by atoms with E-state index in [0.29, 0.717) is 11.4 Å². The number of fused-ring (bicyclic) bond motifs is 1. The summed E-state index contributed by atoms with van der Waals surface area (Å²) in [4.78, 5) is 20.5. The number of aromatic nitrogens is 3. The SMILES string of the molecule is C=C(C)C(=O)Nc1ncnc2c1ccn2C1CCC(C(O)C#CC)C1. The number of rotatable bonds is 4. The van der Waals surface area contributed by atoms with Gasteiger partial charge in [0.2, 0.25) is 0 Å². The van der Waals surface area contributed by atoms with Gasteiger partial charge in [-0.25, -0.2) is 9.97 Å². The highest BCUT2D eigenvalue weighted by atomic mass is 16.3. The summed E-state index contributed by atoms with van der Waals surface area (Å²) in [6.45, 7) is 7.04. The third kappa shape index (κ3) is 3.42. The van der Waals surface area contributed by atoms with Gasteiger partial charge < -0.3 is 15.0 Å². The van der Waals surface area contributed by atoms with Gasteiger partial charge in [-0.1, -0.05) is 12.5 Å². The van der Waals surface area contributed by atoms with Crippen molar-refractivity contribution in [3.05, 3.63) is 30.7 Å². The number of carbonyl (C=O) groups is 1. The first-order valence-corrected chi connectivity index (χ1v) is 8.40. The number of aliphatic hydroxyl groups excluding tert-OH is 1. The molecule has 2 heterocycles. The summed E-state index contributed by atoms with van der Waals surface area (Å²) in [6.07, 6.45) is 5.62. The second-order valence-electron chi connectivity index (χ2n) is 6.48. The zero-order chi connectivity index (χ0) is 18.0. The van der Waals surface area contributed by atoms with Crippen molar-refractivity contribution in [1.29, 1.82) is 0 Å². The minimum Gasteiger partial charge on any atom is -0.380 e. The Bertz CT molecular complexity index is 874. The van der Waals surface area contributed by atoms with E-state index in [1.165, 1.54) is 6.33 Å². The molecule has 1 fully saturated rings. The summed E-state index contributed by atoms with van der Waals surface area (Å²) in [7, 11) is 0. The lowest BCUT2D eigenvalue weighted by Gasteiger charge is -2.15. The fraction of sp³-hybridized carbons (Fsp3) is 0.421. The molecule has 0 bridgehead atoms. The number of hydrogen-bond donors (Lipinski definition) is 2. The van der Waals surface area contributed by atoms with E-state index in [1.54, 1.807) is 13.8 Å². The van der Waals surface area contributed by atoms with Gasteiger partial charge >= 0.3 is 0 Å². The normalized spacial score (nSPS) is 20.8. The van der Waals surface area contributed by atoms with Crippen LogP contribution in [0.5, 0.6) is 0 Å². The zero-order valence-corrected chi connectivity index (χ0v) is 14.5. The van der Waals surface area contributed by atoms with Crippen LogP contribution in [-0.2, 0) is 4.79 Å². The average Bonchev–Trinajstić information content (AvgIpc) is 3.22. The molecule has 0 aromatic carbocycles. The zero-order valence-electron chi connectivity index (χ0n) is 14.5. The van der Waals surface area contributed by atoms with E-state index >= 15 is 0 Å². The van der Waals surface area contributed by atoms with E-state index in [1.807, 2.05) is 12.3 Å². The Kier molecular flexibility index (Phi) is 4.86. The molecule has 2 aromatic heterocycles. The molecule has 3 unspecified atom stereocenters. The number of hydrogen-bond acceptors (Lipinski definition) is 4. The van der Waals surface area contributed by atoms with Gasteiger partial charge in [0.25, 0.3) is 5.91 Å². The molecule has 0 aliphatic heterocycles. The van der Waals surface area contributed by atoms with Gasteiger partial charge in [0.05, 0.1) is 5.39 Å². The van der Waals surface area contributed by atoms with Crippen molar-refractivity contribution in [2.75, 3.05) is 5.32 Å². The van der Waals surface area contributed by atoms with E-state index in [9.17, 15) is 9.90 Å². The van der Waals surface area contributed by atoms with Crippen LogP contribution in [0.1, 0.15) is 39.2 Å². The van der Waals surface area contributed by atoms with Gasteiger partial charge in [-0.05, 0) is 45.1 Å². The van der Waals surface area contributed by atoms with Crippen molar-refractivity contribution >= 4 is 22.8 Å². The van der Waals surface area contributed by atoms with E-state index in [-0.39, 0.29) is 17.9 Å². The van der Waals surface area contributed by atoms with Crippen LogP contribution in [0.25, 0.3) is 11.0 Å². The Balaban J connectivity index is 1.85. The lowest BCUT2D eigenvalue weighted by molar-refractivity contribution is -0.112. The molecule has 0 radical (unpaired) electrons. The number of nitrogens with zero attached hydrogens (tertiary/aromatic N) is 3. The van der Waals surface area contributed by atoms with Crippen molar-refractivity contribution < 1.29 is 9.90 Å². The van der Waals surface area contributed by atoms with E-state index in [4.69, 9.17) is 0 Å². The fourth-order valence-corrected chi connectivity index (χ4v) is 3.38. The molecule has 1 aliphatic carbocycles. The molecule has 1 aliphatic rings. The highest BCUT2D eigenvalue weighted by Crippen LogP contribution is 2.38. The van der Waals surface area contributed by atoms with E-state index < -0.39 is 6.10 Å². The first-order chi connectivity index (χ1) is 12.0. The molecule has 130 valence electrons. The van der Waals surface area contributed by atoms with Crippen molar-refractivity contribution in [3.63, 3.8) is 0 Å². The lowest BCUT2D eigenvalue weighted by Crippen LogP contribution is -2.16. The lowest BCUT2D eigenvalue weighted by atomic mass is 10.0. The minimum absolute atomic E-state index is 0.180. The summed E-state index contributed by atoms with van der Waals surface area (Å²) < 4.78 is 2.11. The molecule has 2 N–H and O–H groups in total. The summed E-state index contributed by atoms with van der Waals surface area (Å²) in [5.74, 6) is 6.04. The Morgan fingerprint density at radius 1 is 1.48 bits per heavy atom. The molecule has 3 atom stereocenters.